The zero-order valence-corrected chi connectivity index (χ0v) is 29.8. The first kappa shape index (κ1) is 38.1. The standard InChI is InChI=1S/C36H47N5O8S/c1-23(2)20-41(50(46,47)25-15-16-30-31(18-25)49-22-48-30)21-29(42)28(17-24-11-7-6-8-12-24)39-35(45)33(36(3,4)5)40-32(43)19-38-34(44)26-13-9-10-14-27(26)37/h6-16,18,23,28-29,33,42H,17,19-22,37H2,1-5H3,(H,38,44)(H,39,45)(H,40,43)/t28-,29+,33+/m0/s1. The number of amides is 3. The molecule has 4 rings (SSSR count). The molecule has 6 N–H and O–H groups in total. The molecule has 0 saturated heterocycles. The summed E-state index contributed by atoms with van der Waals surface area (Å²) in [5.41, 5.74) is 6.36. The summed E-state index contributed by atoms with van der Waals surface area (Å²) in [6, 6.07) is 17.9. The molecule has 0 spiro atoms. The molecule has 50 heavy (non-hydrogen) atoms. The van der Waals surface area contributed by atoms with Crippen molar-refractivity contribution in [2.45, 2.75) is 64.1 Å². The normalized spacial score (nSPS) is 14.6. The van der Waals surface area contributed by atoms with Crippen LogP contribution < -0.4 is 31.2 Å². The number of aliphatic hydroxyl groups excluding tert-OH is 1. The minimum absolute atomic E-state index is 0.0123. The van der Waals surface area contributed by atoms with E-state index in [4.69, 9.17) is 15.2 Å². The van der Waals surface area contributed by atoms with E-state index in [-0.39, 0.29) is 48.4 Å². The molecule has 1 heterocycles. The van der Waals surface area contributed by atoms with Crippen molar-refractivity contribution in [2.24, 2.45) is 11.3 Å². The molecule has 1 aliphatic rings. The molecule has 0 bridgehead atoms. The third kappa shape index (κ3) is 9.96. The summed E-state index contributed by atoms with van der Waals surface area (Å²) < 4.78 is 39.8. The third-order valence-corrected chi connectivity index (χ3v) is 9.91. The molecule has 0 aromatic heterocycles. The number of nitrogens with zero attached hydrogens (tertiary/aromatic N) is 1. The number of nitrogens with two attached hydrogens (primary N) is 1. The van der Waals surface area contributed by atoms with Gasteiger partial charge in [-0.2, -0.15) is 4.31 Å². The number of hydrogen-bond acceptors (Lipinski definition) is 9. The third-order valence-electron chi connectivity index (χ3n) is 8.08. The number of fused-ring (bicyclic) bond motifs is 1. The lowest BCUT2D eigenvalue weighted by Crippen LogP contribution is -2.59. The molecule has 0 fully saturated rings. The van der Waals surface area contributed by atoms with Gasteiger partial charge in [0.2, 0.25) is 28.6 Å². The molecule has 13 nitrogen and oxygen atoms in total. The number of sulfonamides is 1. The Morgan fingerprint density at radius 2 is 1.58 bits per heavy atom. The number of aliphatic hydroxyl groups is 1. The van der Waals surface area contributed by atoms with Crippen molar-refractivity contribution in [2.75, 3.05) is 32.2 Å². The second kappa shape index (κ2) is 16.4. The van der Waals surface area contributed by atoms with Crippen LogP contribution >= 0.6 is 0 Å². The van der Waals surface area contributed by atoms with Gasteiger partial charge in [-0.25, -0.2) is 8.42 Å². The molecule has 0 unspecified atom stereocenters. The Balaban J connectivity index is 1.53. The second-order valence-electron chi connectivity index (χ2n) is 13.7. The van der Waals surface area contributed by atoms with Crippen molar-refractivity contribution in [3.8, 4) is 11.5 Å². The van der Waals surface area contributed by atoms with Crippen LogP contribution in [0.4, 0.5) is 5.69 Å². The molecular formula is C36H47N5O8S. The Hall–Kier alpha value is -4.66. The number of ether oxygens (including phenoxy) is 2. The molecule has 0 radical (unpaired) electrons. The Morgan fingerprint density at radius 3 is 2.24 bits per heavy atom. The maximum Gasteiger partial charge on any atom is 0.253 e. The van der Waals surface area contributed by atoms with E-state index in [1.54, 1.807) is 39.0 Å². The monoisotopic (exact) mass is 709 g/mol. The number of carbonyl (C=O) groups excluding carboxylic acids is 3. The van der Waals surface area contributed by atoms with Gasteiger partial charge in [0.25, 0.3) is 5.91 Å². The van der Waals surface area contributed by atoms with Crippen molar-refractivity contribution >= 4 is 33.4 Å². The Morgan fingerprint density at radius 1 is 0.920 bits per heavy atom. The summed E-state index contributed by atoms with van der Waals surface area (Å²) in [4.78, 5) is 39.5. The van der Waals surface area contributed by atoms with Crippen LogP contribution in [0.3, 0.4) is 0 Å². The minimum Gasteiger partial charge on any atom is -0.454 e. The van der Waals surface area contributed by atoms with E-state index in [1.165, 1.54) is 28.6 Å². The summed E-state index contributed by atoms with van der Waals surface area (Å²) >= 11 is 0. The number of carbonyl (C=O) groups is 3. The van der Waals surface area contributed by atoms with Gasteiger partial charge in [-0.3, -0.25) is 14.4 Å². The van der Waals surface area contributed by atoms with E-state index in [2.05, 4.69) is 16.0 Å². The molecule has 14 heteroatoms. The van der Waals surface area contributed by atoms with Gasteiger partial charge in [0.05, 0.1) is 29.1 Å². The van der Waals surface area contributed by atoms with Crippen LogP contribution in [0, 0.1) is 11.3 Å². The van der Waals surface area contributed by atoms with E-state index in [0.717, 1.165) is 5.56 Å². The highest BCUT2D eigenvalue weighted by atomic mass is 32.2. The molecular weight excluding hydrogens is 662 g/mol. The predicted octanol–water partition coefficient (Wildman–Crippen LogP) is 2.69. The van der Waals surface area contributed by atoms with Crippen molar-refractivity contribution in [1.82, 2.24) is 20.3 Å². The number of nitrogen functional groups attached to an aromatic ring is 1. The zero-order valence-electron chi connectivity index (χ0n) is 29.0. The lowest BCUT2D eigenvalue weighted by Gasteiger charge is -2.34. The van der Waals surface area contributed by atoms with Crippen molar-refractivity contribution in [3.05, 3.63) is 83.9 Å². The number of rotatable bonds is 15. The van der Waals surface area contributed by atoms with Crippen LogP contribution in [0.15, 0.2) is 77.7 Å². The van der Waals surface area contributed by atoms with Crippen molar-refractivity contribution in [1.29, 1.82) is 0 Å². The van der Waals surface area contributed by atoms with Gasteiger partial charge in [0.15, 0.2) is 11.5 Å². The first-order chi connectivity index (χ1) is 23.6. The van der Waals surface area contributed by atoms with Gasteiger partial charge in [-0.1, -0.05) is 77.1 Å². The fourth-order valence-corrected chi connectivity index (χ4v) is 7.10. The molecule has 3 atom stereocenters. The van der Waals surface area contributed by atoms with Gasteiger partial charge in [0.1, 0.15) is 6.04 Å². The number of benzene rings is 3. The number of para-hydroxylation sites is 1. The van der Waals surface area contributed by atoms with Gasteiger partial charge in [0, 0.05) is 24.8 Å². The topological polar surface area (TPSA) is 189 Å². The first-order valence-electron chi connectivity index (χ1n) is 16.4. The van der Waals surface area contributed by atoms with E-state index in [1.807, 2.05) is 44.2 Å². The molecule has 3 aromatic carbocycles. The summed E-state index contributed by atoms with van der Waals surface area (Å²) in [6.45, 7) is 8.39. The van der Waals surface area contributed by atoms with E-state index in [9.17, 15) is 27.9 Å². The van der Waals surface area contributed by atoms with Gasteiger partial charge in [-0.15, -0.1) is 0 Å². The molecule has 0 saturated carbocycles. The van der Waals surface area contributed by atoms with Crippen LogP contribution in [0.5, 0.6) is 11.5 Å². The second-order valence-corrected chi connectivity index (χ2v) is 15.7. The van der Waals surface area contributed by atoms with Crippen LogP contribution in [-0.2, 0) is 26.0 Å². The Bertz CT molecular complexity index is 1760. The largest absolute Gasteiger partial charge is 0.454 e. The average molecular weight is 710 g/mol. The van der Waals surface area contributed by atoms with Crippen LogP contribution in [-0.4, -0.2) is 80.2 Å². The molecule has 1 aliphatic heterocycles. The van der Waals surface area contributed by atoms with Crippen LogP contribution in [0.25, 0.3) is 0 Å². The van der Waals surface area contributed by atoms with E-state index in [0.29, 0.717) is 11.5 Å². The quantitative estimate of drug-likeness (QED) is 0.148. The summed E-state index contributed by atoms with van der Waals surface area (Å²) in [6.07, 6.45) is -1.18. The molecule has 0 aliphatic carbocycles. The van der Waals surface area contributed by atoms with Crippen LogP contribution in [0.1, 0.15) is 50.5 Å². The van der Waals surface area contributed by atoms with Gasteiger partial charge in [-0.05, 0) is 47.6 Å². The summed E-state index contributed by atoms with van der Waals surface area (Å²) in [5.74, 6) is -1.08. The fraction of sp³-hybridized carbons (Fsp3) is 0.417. The lowest BCUT2D eigenvalue weighted by molar-refractivity contribution is -0.132. The van der Waals surface area contributed by atoms with Crippen molar-refractivity contribution < 1.29 is 37.4 Å². The zero-order chi connectivity index (χ0) is 36.6. The minimum atomic E-state index is -4.11. The highest BCUT2D eigenvalue weighted by molar-refractivity contribution is 7.89. The molecule has 3 amide bonds. The predicted molar refractivity (Wildman–Crippen MR) is 189 cm³/mol. The van der Waals surface area contributed by atoms with E-state index >= 15 is 0 Å². The number of hydrogen-bond donors (Lipinski definition) is 5. The maximum atomic E-state index is 13.9. The van der Waals surface area contributed by atoms with Gasteiger partial charge < -0.3 is 36.3 Å². The average Bonchev–Trinajstić information content (AvgIpc) is 3.53. The summed E-state index contributed by atoms with van der Waals surface area (Å²) in [7, 11) is -4.11. The van der Waals surface area contributed by atoms with Crippen LogP contribution in [0.2, 0.25) is 0 Å². The molecule has 270 valence electrons. The smallest absolute Gasteiger partial charge is 0.253 e. The lowest BCUT2D eigenvalue weighted by atomic mass is 9.85. The first-order valence-corrected chi connectivity index (χ1v) is 17.8. The maximum absolute atomic E-state index is 13.9. The Labute approximate surface area is 293 Å². The highest BCUT2D eigenvalue weighted by Gasteiger charge is 2.37. The summed E-state index contributed by atoms with van der Waals surface area (Å²) in [5, 5.41) is 19.8. The van der Waals surface area contributed by atoms with Crippen molar-refractivity contribution in [3.63, 3.8) is 0 Å². The number of anilines is 1. The van der Waals surface area contributed by atoms with E-state index < -0.39 is 57.9 Å². The Kier molecular flexibility index (Phi) is 12.5. The SMILES string of the molecule is CC(C)CN(C[C@@H](O)[C@H](Cc1ccccc1)NC(=O)[C@@H](NC(=O)CNC(=O)c1ccccc1N)C(C)(C)C)S(=O)(=O)c1ccc2c(c1)OCO2. The number of nitrogens with one attached hydrogen (secondary N) is 3. The fourth-order valence-electron chi connectivity index (χ4n) is 5.46. The molecule has 3 aromatic rings. The van der Waals surface area contributed by atoms with Gasteiger partial charge >= 0.3 is 0 Å². The highest BCUT2D eigenvalue weighted by Crippen LogP contribution is 2.35.